The molecule has 2 nitrogen and oxygen atoms in total. The number of benzene rings is 1. The van der Waals surface area contributed by atoms with Crippen LogP contribution in [0.15, 0.2) is 18.2 Å². The molecular weight excluding hydrogens is 232 g/mol. The second-order valence-electron chi connectivity index (χ2n) is 5.01. The fourth-order valence-corrected chi connectivity index (χ4v) is 2.02. The third-order valence-electron chi connectivity index (χ3n) is 3.20. The Balaban J connectivity index is 1.77. The van der Waals surface area contributed by atoms with E-state index in [0.717, 1.165) is 29.7 Å². The van der Waals surface area contributed by atoms with Crippen LogP contribution in [0.25, 0.3) is 0 Å². The summed E-state index contributed by atoms with van der Waals surface area (Å²) in [6.45, 7) is 6.13. The van der Waals surface area contributed by atoms with Crippen molar-refractivity contribution in [2.24, 2.45) is 0 Å². The third-order valence-corrected chi connectivity index (χ3v) is 3.74. The van der Waals surface area contributed by atoms with Gasteiger partial charge in [-0.25, -0.2) is 0 Å². The lowest BCUT2D eigenvalue weighted by molar-refractivity contribution is 0.500. The van der Waals surface area contributed by atoms with E-state index in [-0.39, 0.29) is 0 Å². The Morgan fingerprint density at radius 1 is 1.41 bits per heavy atom. The molecular formula is C14H21ClN2. The maximum atomic E-state index is 6.26. The number of rotatable bonds is 6. The fraction of sp³-hybridized carbons (Fsp3) is 0.571. The molecule has 1 atom stereocenters. The van der Waals surface area contributed by atoms with Crippen molar-refractivity contribution in [3.05, 3.63) is 34.3 Å². The van der Waals surface area contributed by atoms with Crippen molar-refractivity contribution in [2.75, 3.05) is 6.54 Å². The lowest BCUT2D eigenvalue weighted by Crippen LogP contribution is -2.36. The third kappa shape index (κ3) is 3.98. The molecule has 0 spiro atoms. The molecule has 1 unspecified atom stereocenters. The summed E-state index contributed by atoms with van der Waals surface area (Å²) in [4.78, 5) is 0. The second-order valence-corrected chi connectivity index (χ2v) is 5.39. The summed E-state index contributed by atoms with van der Waals surface area (Å²) in [7, 11) is 0. The molecule has 1 saturated carbocycles. The van der Waals surface area contributed by atoms with E-state index >= 15 is 0 Å². The van der Waals surface area contributed by atoms with Crippen molar-refractivity contribution in [1.82, 2.24) is 10.6 Å². The first-order chi connectivity index (χ1) is 8.16. The van der Waals surface area contributed by atoms with Gasteiger partial charge >= 0.3 is 0 Å². The first kappa shape index (κ1) is 12.9. The van der Waals surface area contributed by atoms with Crippen molar-refractivity contribution >= 4 is 11.6 Å². The molecule has 0 bridgehead atoms. The van der Waals surface area contributed by atoms with Crippen LogP contribution in [0.4, 0.5) is 0 Å². The van der Waals surface area contributed by atoms with Gasteiger partial charge in [-0.15, -0.1) is 0 Å². The van der Waals surface area contributed by atoms with Gasteiger partial charge in [-0.1, -0.05) is 29.8 Å². The van der Waals surface area contributed by atoms with E-state index in [1.165, 1.54) is 18.4 Å². The summed E-state index contributed by atoms with van der Waals surface area (Å²) in [6, 6.07) is 7.45. The Kier molecular flexibility index (Phi) is 4.43. The zero-order valence-corrected chi connectivity index (χ0v) is 11.3. The van der Waals surface area contributed by atoms with Gasteiger partial charge < -0.3 is 10.6 Å². The zero-order chi connectivity index (χ0) is 12.3. The maximum Gasteiger partial charge on any atom is 0.0480 e. The van der Waals surface area contributed by atoms with Crippen LogP contribution in [0.3, 0.4) is 0 Å². The minimum atomic E-state index is 0.479. The second kappa shape index (κ2) is 5.85. The Labute approximate surface area is 109 Å². The lowest BCUT2D eigenvalue weighted by Gasteiger charge is -2.15. The zero-order valence-electron chi connectivity index (χ0n) is 10.6. The Bertz CT molecular complexity index is 374. The minimum absolute atomic E-state index is 0.479. The number of hydrogen-bond acceptors (Lipinski definition) is 2. The SMILES string of the molecule is Cc1cccc(CNC(C)CNC2CC2)c1Cl. The van der Waals surface area contributed by atoms with Crippen LogP contribution < -0.4 is 10.6 Å². The largest absolute Gasteiger partial charge is 0.312 e. The molecule has 1 aromatic carbocycles. The van der Waals surface area contributed by atoms with Gasteiger partial charge in [0, 0.05) is 30.2 Å². The predicted molar refractivity (Wildman–Crippen MR) is 73.5 cm³/mol. The van der Waals surface area contributed by atoms with Gasteiger partial charge in [-0.05, 0) is 37.8 Å². The van der Waals surface area contributed by atoms with Crippen molar-refractivity contribution in [3.8, 4) is 0 Å². The monoisotopic (exact) mass is 252 g/mol. The lowest BCUT2D eigenvalue weighted by atomic mass is 10.1. The summed E-state index contributed by atoms with van der Waals surface area (Å²) in [5.74, 6) is 0. The van der Waals surface area contributed by atoms with Gasteiger partial charge in [0.2, 0.25) is 0 Å². The van der Waals surface area contributed by atoms with Crippen LogP contribution in [-0.2, 0) is 6.54 Å². The molecule has 1 aromatic rings. The molecule has 0 aromatic heterocycles. The molecule has 2 rings (SSSR count). The maximum absolute atomic E-state index is 6.26. The number of halogens is 1. The van der Waals surface area contributed by atoms with Gasteiger partial charge in [0.15, 0.2) is 0 Å². The van der Waals surface area contributed by atoms with Crippen LogP contribution in [0.2, 0.25) is 5.02 Å². The standard InChI is InChI=1S/C14H21ClN2/c1-10-4-3-5-12(14(10)15)9-16-11(2)8-17-13-6-7-13/h3-5,11,13,16-17H,6-9H2,1-2H3. The first-order valence-electron chi connectivity index (χ1n) is 6.37. The van der Waals surface area contributed by atoms with Gasteiger partial charge in [0.25, 0.3) is 0 Å². The minimum Gasteiger partial charge on any atom is -0.312 e. The first-order valence-corrected chi connectivity index (χ1v) is 6.75. The molecule has 0 aliphatic heterocycles. The van der Waals surface area contributed by atoms with Crippen molar-refractivity contribution in [3.63, 3.8) is 0 Å². The number of hydrogen-bond donors (Lipinski definition) is 2. The molecule has 3 heteroatoms. The summed E-state index contributed by atoms with van der Waals surface area (Å²) in [6.07, 6.45) is 2.69. The summed E-state index contributed by atoms with van der Waals surface area (Å²) in [5, 5.41) is 7.92. The highest BCUT2D eigenvalue weighted by molar-refractivity contribution is 6.32. The quantitative estimate of drug-likeness (QED) is 0.814. The summed E-state index contributed by atoms with van der Waals surface area (Å²) < 4.78 is 0. The van der Waals surface area contributed by atoms with E-state index in [4.69, 9.17) is 11.6 Å². The molecule has 2 N–H and O–H groups in total. The van der Waals surface area contributed by atoms with E-state index in [9.17, 15) is 0 Å². The topological polar surface area (TPSA) is 24.1 Å². The smallest absolute Gasteiger partial charge is 0.0480 e. The molecule has 1 aliphatic carbocycles. The highest BCUT2D eigenvalue weighted by Crippen LogP contribution is 2.20. The van der Waals surface area contributed by atoms with Gasteiger partial charge in [0.05, 0.1) is 0 Å². The van der Waals surface area contributed by atoms with E-state index in [1.807, 2.05) is 13.0 Å². The van der Waals surface area contributed by atoms with Crippen LogP contribution in [0.1, 0.15) is 30.9 Å². The van der Waals surface area contributed by atoms with E-state index in [2.05, 4.69) is 29.7 Å². The molecule has 1 aliphatic rings. The van der Waals surface area contributed by atoms with Gasteiger partial charge in [0.1, 0.15) is 0 Å². The van der Waals surface area contributed by atoms with Crippen molar-refractivity contribution in [1.29, 1.82) is 0 Å². The molecule has 0 amide bonds. The van der Waals surface area contributed by atoms with E-state index in [0.29, 0.717) is 6.04 Å². The average Bonchev–Trinajstić information content (AvgIpc) is 3.12. The molecule has 0 radical (unpaired) electrons. The van der Waals surface area contributed by atoms with Crippen molar-refractivity contribution in [2.45, 2.75) is 45.3 Å². The average molecular weight is 253 g/mol. The highest BCUT2D eigenvalue weighted by atomic mass is 35.5. The van der Waals surface area contributed by atoms with Crippen LogP contribution in [-0.4, -0.2) is 18.6 Å². The molecule has 0 saturated heterocycles. The summed E-state index contributed by atoms with van der Waals surface area (Å²) in [5.41, 5.74) is 2.33. The van der Waals surface area contributed by atoms with E-state index in [1.54, 1.807) is 0 Å². The van der Waals surface area contributed by atoms with Gasteiger partial charge in [-0.3, -0.25) is 0 Å². The summed E-state index contributed by atoms with van der Waals surface area (Å²) >= 11 is 6.26. The number of aryl methyl sites for hydroxylation is 1. The number of nitrogens with one attached hydrogen (secondary N) is 2. The Hall–Kier alpha value is -0.570. The van der Waals surface area contributed by atoms with Crippen LogP contribution in [0, 0.1) is 6.92 Å². The van der Waals surface area contributed by atoms with E-state index < -0.39 is 0 Å². The molecule has 1 fully saturated rings. The van der Waals surface area contributed by atoms with Crippen LogP contribution >= 0.6 is 11.6 Å². The van der Waals surface area contributed by atoms with Crippen LogP contribution in [0.5, 0.6) is 0 Å². The molecule has 17 heavy (non-hydrogen) atoms. The van der Waals surface area contributed by atoms with Gasteiger partial charge in [-0.2, -0.15) is 0 Å². The molecule has 94 valence electrons. The Morgan fingerprint density at radius 3 is 2.88 bits per heavy atom. The Morgan fingerprint density at radius 2 is 2.18 bits per heavy atom. The van der Waals surface area contributed by atoms with Crippen molar-refractivity contribution < 1.29 is 0 Å². The highest BCUT2D eigenvalue weighted by Gasteiger charge is 2.20. The predicted octanol–water partition coefficient (Wildman–Crippen LogP) is 2.88. The normalized spacial score (nSPS) is 17.1. The molecule has 0 heterocycles. The fourth-order valence-electron chi connectivity index (χ4n) is 1.83.